The number of oxime groups is 1. The van der Waals surface area contributed by atoms with Gasteiger partial charge in [0.15, 0.2) is 0 Å². The van der Waals surface area contributed by atoms with Crippen LogP contribution < -0.4 is 27.1 Å². The molecular formula is C31H36ClN9O5S. The minimum absolute atomic E-state index is 0.0147. The fourth-order valence-corrected chi connectivity index (χ4v) is 5.97. The fraction of sp³-hybridized carbons (Fsp3) is 0.258. The Bertz CT molecular complexity index is 1840. The third kappa shape index (κ3) is 7.81. The maximum atomic E-state index is 13.6. The summed E-state index contributed by atoms with van der Waals surface area (Å²) in [4.78, 5) is 57.6. The summed E-state index contributed by atoms with van der Waals surface area (Å²) >= 11 is 7.51. The summed E-state index contributed by atoms with van der Waals surface area (Å²) in [5.41, 5.74) is 13.8. The van der Waals surface area contributed by atoms with E-state index in [0.717, 1.165) is 27.3 Å². The number of rotatable bonds is 14. The molecule has 0 fully saturated rings. The number of nitrogens with two attached hydrogens (primary N) is 1. The van der Waals surface area contributed by atoms with Crippen molar-refractivity contribution in [2.75, 3.05) is 34.2 Å². The van der Waals surface area contributed by atoms with Crippen molar-refractivity contribution in [2.45, 2.75) is 39.0 Å². The molecule has 1 aromatic carbocycles. The molecular weight excluding hydrogens is 646 g/mol. The molecule has 0 radical (unpaired) electrons. The minimum Gasteiger partial charge on any atom is -0.409 e. The van der Waals surface area contributed by atoms with Crippen molar-refractivity contribution in [1.82, 2.24) is 20.0 Å². The maximum Gasteiger partial charge on any atom is 0.274 e. The number of anilines is 2. The molecule has 0 bridgehead atoms. The SMILES string of the molecule is Cc1cc(-c2cn(NC=O)c(C(=O)Nc3c[nH]c(C(=O)Nc4c[nH]c(C(=O)NCCC(N)=NO)c4C)c3C)c2C)ccc1SCCCl. The van der Waals surface area contributed by atoms with Gasteiger partial charge < -0.3 is 36.9 Å². The van der Waals surface area contributed by atoms with Gasteiger partial charge in [-0.15, -0.1) is 23.4 Å². The van der Waals surface area contributed by atoms with Crippen LogP contribution in [0.25, 0.3) is 11.1 Å². The van der Waals surface area contributed by atoms with Crippen molar-refractivity contribution < 1.29 is 24.4 Å². The third-order valence-electron chi connectivity index (χ3n) is 7.51. The van der Waals surface area contributed by atoms with E-state index in [-0.39, 0.29) is 35.9 Å². The van der Waals surface area contributed by atoms with E-state index < -0.39 is 17.7 Å². The van der Waals surface area contributed by atoms with Gasteiger partial charge in [0.2, 0.25) is 6.41 Å². The number of halogens is 1. The lowest BCUT2D eigenvalue weighted by Crippen LogP contribution is -2.28. The molecule has 16 heteroatoms. The first-order chi connectivity index (χ1) is 22.5. The van der Waals surface area contributed by atoms with Crippen LogP contribution in [0.3, 0.4) is 0 Å². The zero-order valence-electron chi connectivity index (χ0n) is 26.2. The number of thioether (sulfide) groups is 1. The number of H-pyrrole nitrogens is 2. The normalized spacial score (nSPS) is 11.3. The summed E-state index contributed by atoms with van der Waals surface area (Å²) in [5.74, 6) is -0.0807. The molecule has 0 saturated heterocycles. The number of aromatic amines is 2. The van der Waals surface area contributed by atoms with Crippen LogP contribution in [0.4, 0.5) is 11.4 Å². The molecule has 0 aliphatic carbocycles. The quantitative estimate of drug-likeness (QED) is 0.0182. The Balaban J connectivity index is 1.50. The van der Waals surface area contributed by atoms with E-state index >= 15 is 0 Å². The molecule has 3 aromatic heterocycles. The van der Waals surface area contributed by atoms with Gasteiger partial charge in [0.05, 0.1) is 11.4 Å². The number of alkyl halides is 1. The first-order valence-electron chi connectivity index (χ1n) is 14.5. The smallest absolute Gasteiger partial charge is 0.274 e. The highest BCUT2D eigenvalue weighted by atomic mass is 35.5. The lowest BCUT2D eigenvalue weighted by Gasteiger charge is -2.10. The number of aryl methyl sites for hydroxylation is 1. The number of hydrogen-bond acceptors (Lipinski definition) is 7. The highest BCUT2D eigenvalue weighted by Gasteiger charge is 2.24. The predicted molar refractivity (Wildman–Crippen MR) is 184 cm³/mol. The lowest BCUT2D eigenvalue weighted by atomic mass is 10.0. The van der Waals surface area contributed by atoms with E-state index in [4.69, 9.17) is 22.5 Å². The van der Waals surface area contributed by atoms with Crippen molar-refractivity contribution in [1.29, 1.82) is 0 Å². The molecule has 0 atom stereocenters. The molecule has 0 aliphatic rings. The third-order valence-corrected chi connectivity index (χ3v) is 9.10. The highest BCUT2D eigenvalue weighted by molar-refractivity contribution is 7.99. The van der Waals surface area contributed by atoms with Gasteiger partial charge in [-0.1, -0.05) is 17.3 Å². The van der Waals surface area contributed by atoms with E-state index in [2.05, 4.69) is 36.5 Å². The molecule has 14 nitrogen and oxygen atoms in total. The first kappa shape index (κ1) is 34.7. The lowest BCUT2D eigenvalue weighted by molar-refractivity contribution is -0.106. The number of benzene rings is 1. The number of carbonyl (C=O) groups is 4. The van der Waals surface area contributed by atoms with Gasteiger partial charge in [-0.3, -0.25) is 29.3 Å². The van der Waals surface area contributed by atoms with Crippen LogP contribution in [0, 0.1) is 27.7 Å². The summed E-state index contributed by atoms with van der Waals surface area (Å²) in [6.07, 6.45) is 5.34. The molecule has 0 saturated carbocycles. The van der Waals surface area contributed by atoms with Crippen molar-refractivity contribution in [3.63, 3.8) is 0 Å². The van der Waals surface area contributed by atoms with Crippen LogP contribution in [0.1, 0.15) is 60.1 Å². The average molecular weight is 682 g/mol. The minimum atomic E-state index is -0.493. The van der Waals surface area contributed by atoms with Gasteiger partial charge in [0.1, 0.15) is 22.9 Å². The van der Waals surface area contributed by atoms with Gasteiger partial charge in [0, 0.05) is 64.8 Å². The molecule has 9 N–H and O–H groups in total. The molecule has 0 aliphatic heterocycles. The fourth-order valence-electron chi connectivity index (χ4n) is 4.99. The van der Waals surface area contributed by atoms with Crippen molar-refractivity contribution in [3.8, 4) is 11.1 Å². The molecule has 248 valence electrons. The molecule has 3 heterocycles. The number of hydrogen-bond donors (Lipinski definition) is 8. The summed E-state index contributed by atoms with van der Waals surface area (Å²) < 4.78 is 1.37. The summed E-state index contributed by atoms with van der Waals surface area (Å²) in [5, 5.41) is 19.8. The van der Waals surface area contributed by atoms with Crippen molar-refractivity contribution >= 4 is 64.7 Å². The van der Waals surface area contributed by atoms with Crippen molar-refractivity contribution in [2.24, 2.45) is 10.9 Å². The number of aromatic nitrogens is 3. The van der Waals surface area contributed by atoms with Crippen LogP contribution >= 0.6 is 23.4 Å². The van der Waals surface area contributed by atoms with Gasteiger partial charge in [-0.05, 0) is 50.5 Å². The zero-order valence-corrected chi connectivity index (χ0v) is 27.8. The number of amides is 4. The molecule has 47 heavy (non-hydrogen) atoms. The van der Waals surface area contributed by atoms with Crippen molar-refractivity contribution in [3.05, 3.63) is 76.1 Å². The number of carbonyl (C=O) groups excluding carboxylic acids is 4. The molecule has 4 amide bonds. The zero-order chi connectivity index (χ0) is 34.2. The van der Waals surface area contributed by atoms with Crippen LogP contribution in [0.2, 0.25) is 0 Å². The second-order valence-electron chi connectivity index (χ2n) is 10.6. The topological polar surface area (TPSA) is 212 Å². The molecule has 4 rings (SSSR count). The highest BCUT2D eigenvalue weighted by Crippen LogP contribution is 2.32. The van der Waals surface area contributed by atoms with Gasteiger partial charge >= 0.3 is 0 Å². The predicted octanol–water partition coefficient (Wildman–Crippen LogP) is 4.45. The summed E-state index contributed by atoms with van der Waals surface area (Å²) in [7, 11) is 0. The number of amidine groups is 1. The Hall–Kier alpha value is -5.15. The summed E-state index contributed by atoms with van der Waals surface area (Å²) in [6, 6.07) is 6.01. The Morgan fingerprint density at radius 1 is 1.00 bits per heavy atom. The van der Waals surface area contributed by atoms with E-state index in [1.807, 2.05) is 25.1 Å². The van der Waals surface area contributed by atoms with Crippen LogP contribution in [-0.4, -0.2) is 68.0 Å². The molecule has 0 spiro atoms. The van der Waals surface area contributed by atoms with E-state index in [0.29, 0.717) is 40.4 Å². The largest absolute Gasteiger partial charge is 0.409 e. The monoisotopic (exact) mass is 681 g/mol. The Kier molecular flexibility index (Phi) is 11.4. The summed E-state index contributed by atoms with van der Waals surface area (Å²) in [6.45, 7) is 7.32. The second kappa shape index (κ2) is 15.4. The number of nitrogens with zero attached hydrogens (tertiary/aromatic N) is 2. The Morgan fingerprint density at radius 3 is 2.23 bits per heavy atom. The average Bonchev–Trinajstić information content (AvgIpc) is 3.70. The van der Waals surface area contributed by atoms with Gasteiger partial charge in [-0.2, -0.15) is 0 Å². The Labute approximate surface area is 279 Å². The number of nitrogens with one attached hydrogen (secondary N) is 6. The van der Waals surface area contributed by atoms with E-state index in [1.54, 1.807) is 38.7 Å². The van der Waals surface area contributed by atoms with E-state index in [9.17, 15) is 19.2 Å². The standard InChI is InChI=1S/C31H36ClN9O5S/c1-16-11-20(5-6-24(16)47-10-8-32)21-14-41(37-15-42)28(17(21)2)31(45)39-23-13-36-27(19(23)4)30(44)38-22-12-35-26(18(22)3)29(43)34-9-7-25(33)40-46/h5-6,11-15,35-36,46H,7-10H2,1-4H3,(H2,33,40)(H,34,43)(H,37,42)(H,38,44)(H,39,45). The van der Waals surface area contributed by atoms with Gasteiger partial charge in [-0.25, -0.2) is 0 Å². The van der Waals surface area contributed by atoms with Crippen LogP contribution in [0.5, 0.6) is 0 Å². The van der Waals surface area contributed by atoms with Gasteiger partial charge in [0.25, 0.3) is 17.7 Å². The Morgan fingerprint density at radius 2 is 1.64 bits per heavy atom. The molecule has 0 unspecified atom stereocenters. The second-order valence-corrected chi connectivity index (χ2v) is 12.1. The van der Waals surface area contributed by atoms with E-state index in [1.165, 1.54) is 17.1 Å². The molecule has 4 aromatic rings. The maximum absolute atomic E-state index is 13.6. The van der Waals surface area contributed by atoms with Crippen LogP contribution in [-0.2, 0) is 4.79 Å². The first-order valence-corrected chi connectivity index (χ1v) is 16.0. The van der Waals surface area contributed by atoms with Crippen LogP contribution in [0.15, 0.2) is 46.8 Å².